The maximum absolute atomic E-state index is 9.71. The van der Waals surface area contributed by atoms with Crippen LogP contribution in [-0.4, -0.2) is 47.5 Å². The molecule has 0 bridgehead atoms. The van der Waals surface area contributed by atoms with Crippen LogP contribution in [0, 0.1) is 6.92 Å². The number of benzene rings is 2. The molecule has 1 aliphatic heterocycles. The summed E-state index contributed by atoms with van der Waals surface area (Å²) in [6.07, 6.45) is 1.67. The van der Waals surface area contributed by atoms with E-state index in [4.69, 9.17) is 16.3 Å². The van der Waals surface area contributed by atoms with Crippen molar-refractivity contribution in [3.8, 4) is 5.75 Å². The zero-order valence-corrected chi connectivity index (χ0v) is 19.9. The number of aromatic hydroxyl groups is 1. The maximum atomic E-state index is 9.71. The molecule has 4 rings (SSSR count). The van der Waals surface area contributed by atoms with Crippen LogP contribution in [0.25, 0.3) is 0 Å². The Kier molecular flexibility index (Phi) is 6.83. The van der Waals surface area contributed by atoms with E-state index in [1.54, 1.807) is 18.3 Å². The number of phenolic OH excluding ortho intramolecular Hbond substituents is 1. The van der Waals surface area contributed by atoms with Gasteiger partial charge in [-0.15, -0.1) is 0 Å². The summed E-state index contributed by atoms with van der Waals surface area (Å²) >= 11 is 3.26. The zero-order valence-electron chi connectivity index (χ0n) is 18.3. The summed E-state index contributed by atoms with van der Waals surface area (Å²) in [7, 11) is 0. The molecule has 2 heterocycles. The second-order valence-electron chi connectivity index (χ2n) is 7.76. The first kappa shape index (κ1) is 22.7. The fourth-order valence-corrected chi connectivity index (χ4v) is 4.07. The first-order valence-electron chi connectivity index (χ1n) is 10.5. The van der Waals surface area contributed by atoms with Crippen LogP contribution in [0.15, 0.2) is 52.1 Å². The lowest BCUT2D eigenvalue weighted by atomic mass is 10.2. The van der Waals surface area contributed by atoms with E-state index in [-0.39, 0.29) is 18.3 Å². The number of nitrogen functional groups attached to an aromatic ring is 2. The molecule has 0 atom stereocenters. The van der Waals surface area contributed by atoms with Crippen molar-refractivity contribution in [3.63, 3.8) is 0 Å². The molecule has 2 aromatic carbocycles. The summed E-state index contributed by atoms with van der Waals surface area (Å²) in [6.45, 7) is 5.55. The van der Waals surface area contributed by atoms with Gasteiger partial charge in [-0.25, -0.2) is 4.98 Å². The third-order valence-electron chi connectivity index (χ3n) is 5.47. The lowest BCUT2D eigenvalue weighted by Gasteiger charge is -2.38. The highest BCUT2D eigenvalue weighted by Gasteiger charge is 2.22. The molecule has 172 valence electrons. The molecule has 1 fully saturated rings. The van der Waals surface area contributed by atoms with Gasteiger partial charge in [0.25, 0.3) is 0 Å². The Morgan fingerprint density at radius 1 is 1.06 bits per heavy atom. The van der Waals surface area contributed by atoms with E-state index in [0.717, 1.165) is 54.4 Å². The van der Waals surface area contributed by atoms with Crippen LogP contribution in [0.4, 0.5) is 23.1 Å². The molecular formula is C23H26BrN7O2. The molecule has 3 aromatic rings. The zero-order chi connectivity index (χ0) is 23.4. The molecule has 0 radical (unpaired) electrons. The average Bonchev–Trinajstić information content (AvgIpc) is 2.79. The molecule has 1 aliphatic rings. The van der Waals surface area contributed by atoms with E-state index in [1.165, 1.54) is 0 Å². The first-order valence-corrected chi connectivity index (χ1v) is 11.3. The summed E-state index contributed by atoms with van der Waals surface area (Å²) in [6, 6.07) is 13.5. The first-order chi connectivity index (χ1) is 15.9. The number of phenols is 1. The third kappa shape index (κ3) is 5.46. The van der Waals surface area contributed by atoms with Gasteiger partial charge in [0.2, 0.25) is 5.95 Å². The van der Waals surface area contributed by atoms with Gasteiger partial charge in [-0.3, -0.25) is 0 Å². The van der Waals surface area contributed by atoms with Crippen molar-refractivity contribution >= 4 is 45.3 Å². The number of piperazine rings is 1. The number of rotatable bonds is 6. The van der Waals surface area contributed by atoms with Crippen molar-refractivity contribution in [1.29, 1.82) is 0 Å². The van der Waals surface area contributed by atoms with Crippen molar-refractivity contribution in [3.05, 3.63) is 63.8 Å². The third-order valence-corrected chi connectivity index (χ3v) is 6.15. The summed E-state index contributed by atoms with van der Waals surface area (Å²) in [4.78, 5) is 18.2. The second kappa shape index (κ2) is 9.95. The van der Waals surface area contributed by atoms with E-state index >= 15 is 0 Å². The molecule has 5 N–H and O–H groups in total. The summed E-state index contributed by atoms with van der Waals surface area (Å²) in [5, 5.41) is 13.7. The molecule has 0 spiro atoms. The van der Waals surface area contributed by atoms with Gasteiger partial charge >= 0.3 is 0 Å². The van der Waals surface area contributed by atoms with Crippen LogP contribution in [0.3, 0.4) is 0 Å². The Hall–Kier alpha value is -3.53. The molecule has 1 aromatic heterocycles. The fourth-order valence-electron chi connectivity index (χ4n) is 3.82. The lowest BCUT2D eigenvalue weighted by Crippen LogP contribution is -2.47. The highest BCUT2D eigenvalue weighted by molar-refractivity contribution is 9.10. The van der Waals surface area contributed by atoms with Gasteiger partial charge < -0.3 is 31.2 Å². The summed E-state index contributed by atoms with van der Waals surface area (Å²) < 4.78 is 0.648. The number of anilines is 4. The van der Waals surface area contributed by atoms with Gasteiger partial charge in [0, 0.05) is 31.9 Å². The second-order valence-corrected chi connectivity index (χ2v) is 8.61. The predicted molar refractivity (Wildman–Crippen MR) is 135 cm³/mol. The minimum Gasteiger partial charge on any atom is -0.507 e. The van der Waals surface area contributed by atoms with Crippen LogP contribution >= 0.6 is 15.9 Å². The van der Waals surface area contributed by atoms with Crippen LogP contribution in [0.1, 0.15) is 16.8 Å². The Labute approximate surface area is 200 Å². The molecule has 0 unspecified atom stereocenters. The fraction of sp³-hybridized carbons (Fsp3) is 0.261. The number of aryl methyl sites for hydroxylation is 1. The number of nitrogens with zero attached hydrogens (tertiary/aromatic N) is 5. The highest BCUT2D eigenvalue weighted by Crippen LogP contribution is 2.28. The topological polar surface area (TPSA) is 126 Å². The normalized spacial score (nSPS) is 14.1. The SMILES string of the molecule is Cc1nc(N)nc(N)c1N1CCN(c2ccc(C=NOCc3ccc(Br)c(O)c3)cc2)CC1. The lowest BCUT2D eigenvalue weighted by molar-refractivity contribution is 0.132. The van der Waals surface area contributed by atoms with Gasteiger partial charge in [0.15, 0.2) is 5.82 Å². The Balaban J connectivity index is 1.30. The van der Waals surface area contributed by atoms with Crippen LogP contribution in [0.5, 0.6) is 5.75 Å². The van der Waals surface area contributed by atoms with E-state index < -0.39 is 0 Å². The average molecular weight is 512 g/mol. The molecule has 0 aliphatic carbocycles. The standard InChI is InChI=1S/C23H26BrN7O2/c1-15-21(22(25)29-23(26)28-15)31-10-8-30(9-11-31)18-5-2-16(3-6-18)13-27-33-14-17-4-7-19(24)20(32)12-17/h2-7,12-13,32H,8-11,14H2,1H3,(H4,25,26,28,29). The molecule has 0 amide bonds. The molecule has 0 saturated carbocycles. The van der Waals surface area contributed by atoms with Crippen LogP contribution < -0.4 is 21.3 Å². The van der Waals surface area contributed by atoms with E-state index in [2.05, 4.69) is 53.0 Å². The van der Waals surface area contributed by atoms with E-state index in [0.29, 0.717) is 10.3 Å². The van der Waals surface area contributed by atoms with E-state index in [1.807, 2.05) is 25.1 Å². The monoisotopic (exact) mass is 511 g/mol. The number of aromatic nitrogens is 2. The van der Waals surface area contributed by atoms with Gasteiger partial charge in [0.05, 0.1) is 16.4 Å². The Morgan fingerprint density at radius 2 is 1.76 bits per heavy atom. The molecule has 10 heteroatoms. The quantitative estimate of drug-likeness (QED) is 0.339. The minimum absolute atomic E-state index is 0.178. The summed E-state index contributed by atoms with van der Waals surface area (Å²) in [5.74, 6) is 0.808. The minimum atomic E-state index is 0.178. The number of hydrogen-bond donors (Lipinski definition) is 3. The van der Waals surface area contributed by atoms with Crippen molar-refractivity contribution in [1.82, 2.24) is 9.97 Å². The number of nitrogens with two attached hydrogens (primary N) is 2. The van der Waals surface area contributed by atoms with Crippen molar-refractivity contribution in [2.45, 2.75) is 13.5 Å². The van der Waals surface area contributed by atoms with Crippen LogP contribution in [-0.2, 0) is 11.4 Å². The van der Waals surface area contributed by atoms with Crippen molar-refractivity contribution in [2.75, 3.05) is 47.4 Å². The molecular weight excluding hydrogens is 486 g/mol. The van der Waals surface area contributed by atoms with Gasteiger partial charge in [-0.05, 0) is 58.2 Å². The largest absolute Gasteiger partial charge is 0.507 e. The van der Waals surface area contributed by atoms with E-state index in [9.17, 15) is 5.11 Å². The number of halogens is 1. The van der Waals surface area contributed by atoms with Crippen molar-refractivity contribution < 1.29 is 9.94 Å². The van der Waals surface area contributed by atoms with Crippen molar-refractivity contribution in [2.24, 2.45) is 5.16 Å². The van der Waals surface area contributed by atoms with Gasteiger partial charge in [-0.1, -0.05) is 23.4 Å². The molecule has 1 saturated heterocycles. The Morgan fingerprint density at radius 3 is 2.42 bits per heavy atom. The number of oxime groups is 1. The van der Waals surface area contributed by atoms with Gasteiger partial charge in [-0.2, -0.15) is 4.98 Å². The molecule has 9 nitrogen and oxygen atoms in total. The predicted octanol–water partition coefficient (Wildman–Crippen LogP) is 3.29. The smallest absolute Gasteiger partial charge is 0.222 e. The maximum Gasteiger partial charge on any atom is 0.222 e. The number of hydrogen-bond acceptors (Lipinski definition) is 9. The Bertz CT molecular complexity index is 1120. The van der Waals surface area contributed by atoms with Crippen LogP contribution in [0.2, 0.25) is 0 Å². The van der Waals surface area contributed by atoms with Gasteiger partial charge in [0.1, 0.15) is 18.0 Å². The summed E-state index contributed by atoms with van der Waals surface area (Å²) in [5.41, 5.74) is 16.4. The molecule has 33 heavy (non-hydrogen) atoms. The highest BCUT2D eigenvalue weighted by atomic mass is 79.9.